The molecule has 4 aromatic rings. The number of hydrogen-bond acceptors (Lipinski definition) is 7. The number of nitrogens with zero attached hydrogens (tertiary/aromatic N) is 3. The molecule has 25 heavy (non-hydrogen) atoms. The van der Waals surface area contributed by atoms with Gasteiger partial charge < -0.3 is 18.9 Å². The van der Waals surface area contributed by atoms with Crippen molar-refractivity contribution in [3.05, 3.63) is 30.5 Å². The van der Waals surface area contributed by atoms with E-state index in [0.717, 1.165) is 21.7 Å². The molecule has 124 valence electrons. The van der Waals surface area contributed by atoms with Crippen LogP contribution in [-0.4, -0.2) is 36.2 Å². The molecule has 0 fully saturated rings. The fraction of sp³-hybridized carbons (Fsp3) is 0.167. The molecule has 0 aliphatic carbocycles. The highest BCUT2D eigenvalue weighted by Crippen LogP contribution is 2.39. The minimum Gasteiger partial charge on any atom is -0.493 e. The van der Waals surface area contributed by atoms with E-state index in [1.54, 1.807) is 20.4 Å². The van der Waals surface area contributed by atoms with Crippen molar-refractivity contribution in [2.45, 2.75) is 0 Å². The number of ether oxygens (including phenoxy) is 4. The molecular weight excluding hydrogens is 322 g/mol. The van der Waals surface area contributed by atoms with E-state index in [2.05, 4.69) is 15.2 Å². The third kappa shape index (κ3) is 1.95. The summed E-state index contributed by atoms with van der Waals surface area (Å²) in [7, 11) is 3.21. The van der Waals surface area contributed by atoms with Gasteiger partial charge in [-0.2, -0.15) is 0 Å². The quantitative estimate of drug-likeness (QED) is 0.521. The van der Waals surface area contributed by atoms with Gasteiger partial charge in [-0.1, -0.05) is 0 Å². The molecule has 0 saturated heterocycles. The van der Waals surface area contributed by atoms with Crippen LogP contribution in [0, 0.1) is 0 Å². The highest BCUT2D eigenvalue weighted by Gasteiger charge is 2.18. The van der Waals surface area contributed by atoms with Gasteiger partial charge in [-0.25, -0.2) is 0 Å². The number of pyridine rings is 1. The summed E-state index contributed by atoms with van der Waals surface area (Å²) in [5, 5.41) is 11.4. The van der Waals surface area contributed by atoms with Crippen molar-refractivity contribution in [3.63, 3.8) is 0 Å². The summed E-state index contributed by atoms with van der Waals surface area (Å²) in [6.07, 6.45) is 1.80. The molecule has 7 nitrogen and oxygen atoms in total. The monoisotopic (exact) mass is 335 g/mol. The first-order chi connectivity index (χ1) is 12.3. The number of aromatic nitrogens is 3. The molecule has 1 aliphatic heterocycles. The SMILES string of the molecule is COc1cc2cnc3c4cc5c(cc4nnc3c2cc1OC)OCO5. The molecule has 0 N–H and O–H groups in total. The first-order valence-corrected chi connectivity index (χ1v) is 7.69. The Kier molecular flexibility index (Phi) is 2.85. The highest BCUT2D eigenvalue weighted by atomic mass is 16.7. The lowest BCUT2D eigenvalue weighted by molar-refractivity contribution is 0.174. The summed E-state index contributed by atoms with van der Waals surface area (Å²) < 4.78 is 21.6. The van der Waals surface area contributed by atoms with Gasteiger partial charge >= 0.3 is 0 Å². The van der Waals surface area contributed by atoms with Crippen molar-refractivity contribution < 1.29 is 18.9 Å². The first-order valence-electron chi connectivity index (χ1n) is 7.69. The van der Waals surface area contributed by atoms with Crippen LogP contribution in [-0.2, 0) is 0 Å². The van der Waals surface area contributed by atoms with Crippen LogP contribution in [0.15, 0.2) is 30.5 Å². The lowest BCUT2D eigenvalue weighted by Gasteiger charge is -2.10. The molecule has 0 unspecified atom stereocenters. The van der Waals surface area contributed by atoms with Crippen LogP contribution < -0.4 is 18.9 Å². The largest absolute Gasteiger partial charge is 0.493 e. The van der Waals surface area contributed by atoms with E-state index >= 15 is 0 Å². The third-order valence-electron chi connectivity index (χ3n) is 4.37. The van der Waals surface area contributed by atoms with E-state index in [1.165, 1.54) is 0 Å². The first kappa shape index (κ1) is 14.0. The molecule has 0 amide bonds. The minimum absolute atomic E-state index is 0.213. The Morgan fingerprint density at radius 2 is 1.60 bits per heavy atom. The van der Waals surface area contributed by atoms with Crippen molar-refractivity contribution in [1.82, 2.24) is 15.2 Å². The van der Waals surface area contributed by atoms with Gasteiger partial charge in [0.2, 0.25) is 6.79 Å². The summed E-state index contributed by atoms with van der Waals surface area (Å²) in [5.74, 6) is 2.65. The van der Waals surface area contributed by atoms with E-state index in [1.807, 2.05) is 24.3 Å². The van der Waals surface area contributed by atoms with Crippen LogP contribution in [0.4, 0.5) is 0 Å². The summed E-state index contributed by atoms with van der Waals surface area (Å²) in [5.41, 5.74) is 2.16. The molecule has 0 atom stereocenters. The van der Waals surface area contributed by atoms with E-state index in [-0.39, 0.29) is 6.79 Å². The van der Waals surface area contributed by atoms with Crippen LogP contribution in [0.5, 0.6) is 23.0 Å². The molecule has 0 spiro atoms. The fourth-order valence-electron chi connectivity index (χ4n) is 3.14. The molecule has 3 heterocycles. The van der Waals surface area contributed by atoms with Crippen molar-refractivity contribution in [1.29, 1.82) is 0 Å². The normalized spacial score (nSPS) is 12.9. The Morgan fingerprint density at radius 1 is 0.840 bits per heavy atom. The van der Waals surface area contributed by atoms with Gasteiger partial charge in [0.1, 0.15) is 11.0 Å². The zero-order valence-corrected chi connectivity index (χ0v) is 13.6. The van der Waals surface area contributed by atoms with Gasteiger partial charge in [0, 0.05) is 28.4 Å². The predicted molar refractivity (Wildman–Crippen MR) is 91.6 cm³/mol. The molecule has 0 radical (unpaired) electrons. The molecular formula is C18H13N3O4. The van der Waals surface area contributed by atoms with Crippen LogP contribution in [0.1, 0.15) is 0 Å². The Labute approximate surface area is 142 Å². The van der Waals surface area contributed by atoms with Gasteiger partial charge in [-0.05, 0) is 18.2 Å². The van der Waals surface area contributed by atoms with Crippen molar-refractivity contribution in [3.8, 4) is 23.0 Å². The summed E-state index contributed by atoms with van der Waals surface area (Å²) in [6.45, 7) is 0.213. The number of rotatable bonds is 2. The van der Waals surface area contributed by atoms with Crippen molar-refractivity contribution in [2.24, 2.45) is 0 Å². The predicted octanol–water partition coefficient (Wildman–Crippen LogP) is 3.08. The maximum absolute atomic E-state index is 5.48. The van der Waals surface area contributed by atoms with E-state index in [4.69, 9.17) is 18.9 Å². The number of benzene rings is 2. The van der Waals surface area contributed by atoms with Gasteiger partial charge in [0.15, 0.2) is 23.0 Å². The third-order valence-corrected chi connectivity index (χ3v) is 4.37. The maximum atomic E-state index is 5.48. The minimum atomic E-state index is 0.213. The van der Waals surface area contributed by atoms with Crippen molar-refractivity contribution in [2.75, 3.05) is 21.0 Å². The Hall–Kier alpha value is -3.35. The maximum Gasteiger partial charge on any atom is 0.231 e. The van der Waals surface area contributed by atoms with E-state index in [0.29, 0.717) is 34.0 Å². The molecule has 0 saturated carbocycles. The van der Waals surface area contributed by atoms with Gasteiger partial charge in [-0.3, -0.25) is 4.98 Å². The van der Waals surface area contributed by atoms with Gasteiger partial charge in [0.25, 0.3) is 0 Å². The molecule has 2 aromatic carbocycles. The number of methoxy groups -OCH3 is 2. The van der Waals surface area contributed by atoms with Gasteiger partial charge in [-0.15, -0.1) is 10.2 Å². The fourth-order valence-corrected chi connectivity index (χ4v) is 3.14. The lowest BCUT2D eigenvalue weighted by Crippen LogP contribution is -1.94. The second-order valence-electron chi connectivity index (χ2n) is 5.67. The Bertz CT molecular complexity index is 1160. The molecule has 0 bridgehead atoms. The Balaban J connectivity index is 1.88. The average Bonchev–Trinajstić information content (AvgIpc) is 3.11. The number of fused-ring (bicyclic) bond motifs is 6. The van der Waals surface area contributed by atoms with Crippen LogP contribution >= 0.6 is 0 Å². The van der Waals surface area contributed by atoms with Crippen molar-refractivity contribution >= 4 is 32.7 Å². The molecule has 1 aliphatic rings. The van der Waals surface area contributed by atoms with Crippen LogP contribution in [0.2, 0.25) is 0 Å². The zero-order chi connectivity index (χ0) is 17.0. The summed E-state index contributed by atoms with van der Waals surface area (Å²) >= 11 is 0. The van der Waals surface area contributed by atoms with Crippen LogP contribution in [0.3, 0.4) is 0 Å². The number of hydrogen-bond donors (Lipinski definition) is 0. The highest BCUT2D eigenvalue weighted by molar-refractivity contribution is 6.12. The van der Waals surface area contributed by atoms with E-state index < -0.39 is 0 Å². The topological polar surface area (TPSA) is 75.6 Å². The average molecular weight is 335 g/mol. The lowest BCUT2D eigenvalue weighted by atomic mass is 10.1. The molecule has 7 heteroatoms. The summed E-state index contributed by atoms with van der Waals surface area (Å²) in [4.78, 5) is 4.60. The summed E-state index contributed by atoms with van der Waals surface area (Å²) in [6, 6.07) is 7.50. The molecule has 2 aromatic heterocycles. The second kappa shape index (κ2) is 5.07. The standard InChI is InChI=1S/C18H13N3O4/c1-22-13-3-9-7-19-17-11-5-15-16(25-8-24-15)6-12(11)20-21-18(17)10(9)4-14(13)23-2/h3-7H,8H2,1-2H3. The van der Waals surface area contributed by atoms with Gasteiger partial charge in [0.05, 0.1) is 19.7 Å². The zero-order valence-electron chi connectivity index (χ0n) is 13.6. The second-order valence-corrected chi connectivity index (χ2v) is 5.67. The smallest absolute Gasteiger partial charge is 0.231 e. The molecule has 5 rings (SSSR count). The Morgan fingerprint density at radius 3 is 2.40 bits per heavy atom. The van der Waals surface area contributed by atoms with E-state index in [9.17, 15) is 0 Å². The van der Waals surface area contributed by atoms with Crippen LogP contribution in [0.25, 0.3) is 32.7 Å².